The highest BCUT2D eigenvalue weighted by molar-refractivity contribution is 5.77. The lowest BCUT2D eigenvalue weighted by Crippen LogP contribution is -2.49. The van der Waals surface area contributed by atoms with E-state index < -0.39 is 29.9 Å². The molecule has 1 saturated carbocycles. The monoisotopic (exact) mass is 615 g/mol. The first-order chi connectivity index (χ1) is 20.2. The van der Waals surface area contributed by atoms with Crippen LogP contribution in [-0.2, 0) is 35.2 Å². The van der Waals surface area contributed by atoms with Crippen LogP contribution in [0.15, 0.2) is 27.2 Å². The van der Waals surface area contributed by atoms with Gasteiger partial charge in [-0.1, -0.05) is 47.8 Å². The molecule has 2 aromatic heterocycles. The van der Waals surface area contributed by atoms with E-state index in [2.05, 4.69) is 21.3 Å². The lowest BCUT2D eigenvalue weighted by atomic mass is 9.84. The summed E-state index contributed by atoms with van der Waals surface area (Å²) in [4.78, 5) is 22.0. The molecule has 9 nitrogen and oxygen atoms in total. The third-order valence-corrected chi connectivity index (χ3v) is 8.01. The van der Waals surface area contributed by atoms with Gasteiger partial charge in [-0.05, 0) is 36.8 Å². The second-order valence-corrected chi connectivity index (χ2v) is 11.0. The Morgan fingerprint density at radius 2 is 1.58 bits per heavy atom. The van der Waals surface area contributed by atoms with Crippen LogP contribution in [0.4, 0.5) is 26.3 Å². The van der Waals surface area contributed by atoms with Gasteiger partial charge in [-0.15, -0.1) is 0 Å². The minimum Gasteiger partial charge on any atom is -0.481 e. The van der Waals surface area contributed by atoms with Gasteiger partial charge in [0, 0.05) is 36.7 Å². The Hall–Kier alpha value is -3.88. The number of halogens is 6. The molecule has 15 heteroatoms. The van der Waals surface area contributed by atoms with E-state index in [1.165, 1.54) is 0 Å². The second kappa shape index (κ2) is 11.7. The van der Waals surface area contributed by atoms with Gasteiger partial charge in [0.25, 0.3) is 0 Å². The fourth-order valence-electron chi connectivity index (χ4n) is 5.87. The Balaban J connectivity index is 0.000000472. The van der Waals surface area contributed by atoms with Crippen LogP contribution in [-0.4, -0.2) is 56.6 Å². The number of nitrogens with zero attached hydrogens (tertiary/aromatic N) is 3. The molecule has 6 rings (SSSR count). The van der Waals surface area contributed by atoms with Gasteiger partial charge in [0.05, 0.1) is 5.92 Å². The Bertz CT molecular complexity index is 1500. The largest absolute Gasteiger partial charge is 0.490 e. The average molecular weight is 616 g/mol. The maximum Gasteiger partial charge on any atom is 0.490 e. The molecule has 3 heterocycles. The predicted octanol–water partition coefficient (Wildman–Crippen LogP) is 6.31. The molecule has 2 N–H and O–H groups in total. The van der Waals surface area contributed by atoms with Crippen molar-refractivity contribution in [2.75, 3.05) is 13.1 Å². The standard InChI is InChI=1S/C26H26F3N3O4.C2HF3O2/c27-26(28,29)20-22(31-35-23(20)15-4-2-1-3-5-15)24-19-9-7-16-10-14(6-8-18(16)21(19)30-36-24)11-32-12-17(13-32)25(33)34;3-2(4,5)1(6)7/h6,8,10,15,17H,1-5,7,9,11-13H2,(H,33,34);(H,6,7). The minimum absolute atomic E-state index is 0.0400. The molecule has 0 spiro atoms. The van der Waals surface area contributed by atoms with E-state index >= 15 is 0 Å². The molecule has 0 amide bonds. The van der Waals surface area contributed by atoms with Crippen molar-refractivity contribution < 1.29 is 55.2 Å². The quantitative estimate of drug-likeness (QED) is 0.317. The molecule has 0 bridgehead atoms. The number of likely N-dealkylation sites (tertiary alicyclic amines) is 1. The molecular weight excluding hydrogens is 588 g/mol. The van der Waals surface area contributed by atoms with Crippen molar-refractivity contribution in [1.82, 2.24) is 15.2 Å². The van der Waals surface area contributed by atoms with Crippen molar-refractivity contribution in [3.8, 4) is 22.7 Å². The number of rotatable bonds is 5. The number of carboxylic acids is 2. The zero-order valence-corrected chi connectivity index (χ0v) is 22.6. The highest BCUT2D eigenvalue weighted by Gasteiger charge is 2.45. The first-order valence-corrected chi connectivity index (χ1v) is 13.7. The normalized spacial score (nSPS) is 17.8. The van der Waals surface area contributed by atoms with E-state index in [-0.39, 0.29) is 29.1 Å². The van der Waals surface area contributed by atoms with Gasteiger partial charge >= 0.3 is 24.3 Å². The fourth-order valence-corrected chi connectivity index (χ4v) is 5.87. The fraction of sp³-hybridized carbons (Fsp3) is 0.500. The maximum atomic E-state index is 14.2. The smallest absolute Gasteiger partial charge is 0.481 e. The summed E-state index contributed by atoms with van der Waals surface area (Å²) in [7, 11) is 0. The zero-order valence-electron chi connectivity index (χ0n) is 22.6. The summed E-state index contributed by atoms with van der Waals surface area (Å²) in [6.07, 6.45) is -4.46. The molecule has 232 valence electrons. The molecule has 43 heavy (non-hydrogen) atoms. The Labute approximate surface area is 240 Å². The summed E-state index contributed by atoms with van der Waals surface area (Å²) in [6.45, 7) is 1.72. The number of carbonyl (C=O) groups is 2. The van der Waals surface area contributed by atoms with Gasteiger partial charge in [0.1, 0.15) is 11.3 Å². The third kappa shape index (κ3) is 6.40. The molecule has 1 saturated heterocycles. The van der Waals surface area contributed by atoms with Crippen LogP contribution < -0.4 is 0 Å². The average Bonchev–Trinajstić information content (AvgIpc) is 3.55. The number of hydrogen-bond donors (Lipinski definition) is 2. The van der Waals surface area contributed by atoms with Gasteiger partial charge in [0.15, 0.2) is 17.2 Å². The molecule has 0 radical (unpaired) electrons. The number of fused-ring (bicyclic) bond motifs is 3. The molecule has 2 fully saturated rings. The van der Waals surface area contributed by atoms with Crippen molar-refractivity contribution in [3.63, 3.8) is 0 Å². The van der Waals surface area contributed by atoms with Crippen LogP contribution in [0, 0.1) is 5.92 Å². The first kappa shape index (κ1) is 30.6. The van der Waals surface area contributed by atoms with Crippen LogP contribution in [0.2, 0.25) is 0 Å². The van der Waals surface area contributed by atoms with Crippen molar-refractivity contribution in [2.45, 2.75) is 69.8 Å². The van der Waals surface area contributed by atoms with E-state index in [1.807, 2.05) is 12.1 Å². The summed E-state index contributed by atoms with van der Waals surface area (Å²) in [6, 6.07) is 5.94. The van der Waals surface area contributed by atoms with E-state index in [4.69, 9.17) is 24.1 Å². The summed E-state index contributed by atoms with van der Waals surface area (Å²) in [5, 5.41) is 24.2. The van der Waals surface area contributed by atoms with E-state index in [0.717, 1.165) is 36.0 Å². The number of benzene rings is 1. The summed E-state index contributed by atoms with van der Waals surface area (Å²) < 4.78 is 85.2. The number of alkyl halides is 6. The maximum absolute atomic E-state index is 14.2. The van der Waals surface area contributed by atoms with Crippen LogP contribution >= 0.6 is 0 Å². The molecule has 2 aliphatic carbocycles. The van der Waals surface area contributed by atoms with E-state index in [9.17, 15) is 31.1 Å². The highest BCUT2D eigenvalue weighted by Crippen LogP contribution is 2.47. The zero-order chi connectivity index (χ0) is 31.1. The van der Waals surface area contributed by atoms with Crippen molar-refractivity contribution in [3.05, 3.63) is 46.2 Å². The number of aryl methyl sites for hydroxylation is 1. The van der Waals surface area contributed by atoms with Gasteiger partial charge < -0.3 is 19.3 Å². The third-order valence-electron chi connectivity index (χ3n) is 8.01. The number of carboxylic acid groups (broad SMARTS) is 2. The first-order valence-electron chi connectivity index (χ1n) is 13.7. The van der Waals surface area contributed by atoms with Crippen molar-refractivity contribution in [1.29, 1.82) is 0 Å². The van der Waals surface area contributed by atoms with Gasteiger partial charge in [-0.3, -0.25) is 9.69 Å². The Kier molecular flexibility index (Phi) is 8.29. The van der Waals surface area contributed by atoms with Crippen molar-refractivity contribution in [2.24, 2.45) is 5.92 Å². The van der Waals surface area contributed by atoms with Crippen molar-refractivity contribution >= 4 is 11.9 Å². The summed E-state index contributed by atoms with van der Waals surface area (Å²) in [5.74, 6) is -4.16. The Morgan fingerprint density at radius 1 is 0.930 bits per heavy atom. The molecular formula is C28H27F6N3O6. The molecule has 3 aliphatic rings. The molecule has 3 aromatic rings. The minimum atomic E-state index is -5.08. The SMILES string of the molecule is O=C(O)C(F)(F)F.O=C(O)C1CN(Cc2ccc3c(c2)CCc2c-3noc2-c2noc(C3CCCCC3)c2C(F)(F)F)C1. The van der Waals surface area contributed by atoms with Gasteiger partial charge in [-0.25, -0.2) is 4.79 Å². The van der Waals surface area contributed by atoms with Gasteiger partial charge in [0.2, 0.25) is 0 Å². The van der Waals surface area contributed by atoms with E-state index in [0.29, 0.717) is 56.6 Å². The van der Waals surface area contributed by atoms with Crippen LogP contribution in [0.5, 0.6) is 0 Å². The summed E-state index contributed by atoms with van der Waals surface area (Å²) >= 11 is 0. The topological polar surface area (TPSA) is 130 Å². The lowest BCUT2D eigenvalue weighted by Gasteiger charge is -2.36. The molecule has 1 aromatic carbocycles. The number of aromatic nitrogens is 2. The van der Waals surface area contributed by atoms with Crippen LogP contribution in [0.25, 0.3) is 22.7 Å². The van der Waals surface area contributed by atoms with Crippen LogP contribution in [0.3, 0.4) is 0 Å². The Morgan fingerprint density at radius 3 is 2.19 bits per heavy atom. The highest BCUT2D eigenvalue weighted by atomic mass is 19.4. The second-order valence-electron chi connectivity index (χ2n) is 11.0. The number of hydrogen-bond acceptors (Lipinski definition) is 7. The summed E-state index contributed by atoms with van der Waals surface area (Å²) in [5.41, 5.74) is 2.99. The predicted molar refractivity (Wildman–Crippen MR) is 136 cm³/mol. The molecule has 0 unspecified atom stereocenters. The lowest BCUT2D eigenvalue weighted by molar-refractivity contribution is -0.192. The van der Waals surface area contributed by atoms with Gasteiger partial charge in [-0.2, -0.15) is 26.3 Å². The molecule has 0 atom stereocenters. The van der Waals surface area contributed by atoms with E-state index in [1.54, 1.807) is 0 Å². The molecule has 1 aliphatic heterocycles. The van der Waals surface area contributed by atoms with Crippen LogP contribution in [0.1, 0.15) is 66.0 Å². The number of aliphatic carboxylic acids is 2.